The summed E-state index contributed by atoms with van der Waals surface area (Å²) in [6.45, 7) is 2.29. The first-order chi connectivity index (χ1) is 7.08. The molecule has 0 atom stereocenters. The van der Waals surface area contributed by atoms with E-state index in [0.717, 1.165) is 5.69 Å². The molecule has 0 aromatic carbocycles. The predicted octanol–water partition coefficient (Wildman–Crippen LogP) is 1.69. The Morgan fingerprint density at radius 1 is 1.67 bits per heavy atom. The molecule has 0 spiro atoms. The Balaban J connectivity index is 2.40. The van der Waals surface area contributed by atoms with Gasteiger partial charge in [-0.15, -0.1) is 0 Å². The van der Waals surface area contributed by atoms with Gasteiger partial charge in [0.2, 0.25) is 0 Å². The average Bonchev–Trinajstić information content (AvgIpc) is 2.10. The van der Waals surface area contributed by atoms with Gasteiger partial charge in [-0.3, -0.25) is 0 Å². The molecule has 0 unspecified atom stereocenters. The second-order valence-corrected chi connectivity index (χ2v) is 3.23. The van der Waals surface area contributed by atoms with Gasteiger partial charge in [0, 0.05) is 17.8 Å². The molecule has 0 radical (unpaired) electrons. The molecule has 82 valence electrons. The van der Waals surface area contributed by atoms with E-state index in [4.69, 9.17) is 21.4 Å². The first kappa shape index (κ1) is 11.6. The number of hydrogen-bond acceptors (Lipinski definition) is 3. The summed E-state index contributed by atoms with van der Waals surface area (Å²) in [4.78, 5) is 14.1. The van der Waals surface area contributed by atoms with Crippen molar-refractivity contribution in [1.82, 2.24) is 10.3 Å². The zero-order valence-corrected chi connectivity index (χ0v) is 8.91. The van der Waals surface area contributed by atoms with Crippen molar-refractivity contribution in [3.05, 3.63) is 23.0 Å². The first-order valence-corrected chi connectivity index (χ1v) is 4.69. The Bertz CT molecular complexity index is 337. The lowest BCUT2D eigenvalue weighted by Crippen LogP contribution is -2.26. The monoisotopic (exact) mass is 230 g/mol. The average molecular weight is 231 g/mol. The zero-order chi connectivity index (χ0) is 11.3. The molecule has 5 nitrogen and oxygen atoms in total. The topological polar surface area (TPSA) is 71.5 Å². The van der Waals surface area contributed by atoms with Crippen LogP contribution in [0.4, 0.5) is 4.79 Å². The molecule has 0 aliphatic carbocycles. The van der Waals surface area contributed by atoms with Gasteiger partial charge in [0.15, 0.2) is 0 Å². The van der Waals surface area contributed by atoms with E-state index in [0.29, 0.717) is 10.9 Å². The van der Waals surface area contributed by atoms with Crippen molar-refractivity contribution in [2.75, 3.05) is 13.2 Å². The highest BCUT2D eigenvalue weighted by atomic mass is 35.5. The summed E-state index contributed by atoms with van der Waals surface area (Å²) in [5, 5.41) is 10.8. The molecule has 0 aliphatic rings. The number of halogens is 1. The highest BCUT2D eigenvalue weighted by molar-refractivity contribution is 6.29. The Morgan fingerprint density at radius 3 is 3.00 bits per heavy atom. The van der Waals surface area contributed by atoms with E-state index in [-0.39, 0.29) is 13.2 Å². The highest BCUT2D eigenvalue weighted by Crippen LogP contribution is 2.16. The largest absolute Gasteiger partial charge is 0.492 e. The number of carbonyl (C=O) groups is 1. The van der Waals surface area contributed by atoms with Crippen molar-refractivity contribution in [3.8, 4) is 5.75 Å². The lowest BCUT2D eigenvalue weighted by molar-refractivity contribution is 0.191. The molecular formula is C9H11ClN2O3. The van der Waals surface area contributed by atoms with Crippen LogP contribution in [0.25, 0.3) is 0 Å². The Hall–Kier alpha value is -1.49. The van der Waals surface area contributed by atoms with Gasteiger partial charge >= 0.3 is 6.09 Å². The minimum absolute atomic E-state index is 0.230. The van der Waals surface area contributed by atoms with E-state index in [1.807, 2.05) is 0 Å². The van der Waals surface area contributed by atoms with Crippen molar-refractivity contribution >= 4 is 17.7 Å². The van der Waals surface area contributed by atoms with Gasteiger partial charge in [0.25, 0.3) is 0 Å². The van der Waals surface area contributed by atoms with Gasteiger partial charge in [-0.05, 0) is 6.92 Å². The predicted molar refractivity (Wildman–Crippen MR) is 55.5 cm³/mol. The minimum Gasteiger partial charge on any atom is -0.492 e. The van der Waals surface area contributed by atoms with E-state index >= 15 is 0 Å². The Labute approximate surface area is 92.0 Å². The number of nitrogens with one attached hydrogen (secondary N) is 1. The number of hydrogen-bond donors (Lipinski definition) is 2. The van der Waals surface area contributed by atoms with Crippen LogP contribution >= 0.6 is 11.6 Å². The minimum atomic E-state index is -1.07. The number of nitrogens with zero attached hydrogens (tertiary/aromatic N) is 1. The molecule has 0 saturated carbocycles. The van der Waals surface area contributed by atoms with Gasteiger partial charge < -0.3 is 15.2 Å². The first-order valence-electron chi connectivity index (χ1n) is 4.31. The van der Waals surface area contributed by atoms with E-state index in [9.17, 15) is 4.79 Å². The quantitative estimate of drug-likeness (QED) is 0.610. The van der Waals surface area contributed by atoms with Crippen LogP contribution in [-0.4, -0.2) is 29.3 Å². The number of rotatable bonds is 4. The van der Waals surface area contributed by atoms with Gasteiger partial charge in [-0.25, -0.2) is 9.78 Å². The summed E-state index contributed by atoms with van der Waals surface area (Å²) in [6, 6.07) is 3.31. The Kier molecular flexibility index (Phi) is 4.17. The summed E-state index contributed by atoms with van der Waals surface area (Å²) in [5.41, 5.74) is 0.753. The van der Waals surface area contributed by atoms with Gasteiger partial charge in [-0.1, -0.05) is 11.6 Å². The van der Waals surface area contributed by atoms with Crippen molar-refractivity contribution in [2.24, 2.45) is 0 Å². The van der Waals surface area contributed by atoms with Crippen LogP contribution in [0.1, 0.15) is 5.69 Å². The molecule has 1 rings (SSSR count). The van der Waals surface area contributed by atoms with Crippen molar-refractivity contribution < 1.29 is 14.6 Å². The highest BCUT2D eigenvalue weighted by Gasteiger charge is 1.99. The number of aryl methyl sites for hydroxylation is 1. The standard InChI is InChI=1S/C9H11ClN2O3/c1-6-4-7(5-8(10)12-6)15-3-2-11-9(13)14/h4-5,11H,2-3H2,1H3,(H,13,14). The number of carboxylic acid groups (broad SMARTS) is 1. The lowest BCUT2D eigenvalue weighted by atomic mass is 10.3. The lowest BCUT2D eigenvalue weighted by Gasteiger charge is -2.06. The number of pyridine rings is 1. The van der Waals surface area contributed by atoms with E-state index in [1.165, 1.54) is 0 Å². The van der Waals surface area contributed by atoms with Crippen LogP contribution in [0.3, 0.4) is 0 Å². The number of ether oxygens (including phenoxy) is 1. The zero-order valence-electron chi connectivity index (χ0n) is 8.16. The molecule has 0 aliphatic heterocycles. The SMILES string of the molecule is Cc1cc(OCCNC(=O)O)cc(Cl)n1. The third-order valence-corrected chi connectivity index (χ3v) is 1.74. The Morgan fingerprint density at radius 2 is 2.40 bits per heavy atom. The third kappa shape index (κ3) is 4.51. The molecule has 0 bridgehead atoms. The summed E-state index contributed by atoms with van der Waals surface area (Å²) in [7, 11) is 0. The van der Waals surface area contributed by atoms with Crippen molar-refractivity contribution in [3.63, 3.8) is 0 Å². The fourth-order valence-electron chi connectivity index (χ4n) is 1.01. The van der Waals surface area contributed by atoms with Crippen molar-refractivity contribution in [1.29, 1.82) is 0 Å². The van der Waals surface area contributed by atoms with E-state index in [1.54, 1.807) is 19.1 Å². The fraction of sp³-hybridized carbons (Fsp3) is 0.333. The molecular weight excluding hydrogens is 220 g/mol. The molecule has 1 aromatic rings. The number of amides is 1. The van der Waals surface area contributed by atoms with Crippen LogP contribution in [-0.2, 0) is 0 Å². The van der Waals surface area contributed by atoms with Crippen molar-refractivity contribution in [2.45, 2.75) is 6.92 Å². The maximum absolute atomic E-state index is 10.1. The maximum Gasteiger partial charge on any atom is 0.404 e. The molecule has 0 fully saturated rings. The second-order valence-electron chi connectivity index (χ2n) is 2.85. The van der Waals surface area contributed by atoms with E-state index < -0.39 is 6.09 Å². The van der Waals surface area contributed by atoms with Crippen LogP contribution in [0.15, 0.2) is 12.1 Å². The molecule has 1 amide bonds. The maximum atomic E-state index is 10.1. The van der Waals surface area contributed by atoms with Gasteiger partial charge in [0.05, 0.1) is 6.54 Å². The molecule has 1 aromatic heterocycles. The molecule has 6 heteroatoms. The summed E-state index contributed by atoms with van der Waals surface area (Å²) < 4.78 is 5.27. The smallest absolute Gasteiger partial charge is 0.404 e. The second kappa shape index (κ2) is 5.41. The number of aromatic nitrogens is 1. The van der Waals surface area contributed by atoms with E-state index in [2.05, 4.69) is 10.3 Å². The van der Waals surface area contributed by atoms with Crippen LogP contribution in [0.2, 0.25) is 5.15 Å². The van der Waals surface area contributed by atoms with Gasteiger partial charge in [-0.2, -0.15) is 0 Å². The summed E-state index contributed by atoms with van der Waals surface area (Å²) >= 11 is 5.71. The molecule has 1 heterocycles. The van der Waals surface area contributed by atoms with Crippen LogP contribution in [0.5, 0.6) is 5.75 Å². The molecule has 0 saturated heterocycles. The van der Waals surface area contributed by atoms with Crippen LogP contribution < -0.4 is 10.1 Å². The summed E-state index contributed by atoms with van der Waals surface area (Å²) in [6.07, 6.45) is -1.07. The summed E-state index contributed by atoms with van der Waals surface area (Å²) in [5.74, 6) is 0.583. The normalized spacial score (nSPS) is 9.73. The molecule has 2 N–H and O–H groups in total. The van der Waals surface area contributed by atoms with Crippen LogP contribution in [0, 0.1) is 6.92 Å². The third-order valence-electron chi connectivity index (χ3n) is 1.54. The fourth-order valence-corrected chi connectivity index (χ4v) is 1.25. The van der Waals surface area contributed by atoms with Gasteiger partial charge in [0.1, 0.15) is 17.5 Å². The molecule has 15 heavy (non-hydrogen) atoms.